The van der Waals surface area contributed by atoms with Gasteiger partial charge in [0.2, 0.25) is 0 Å². The summed E-state index contributed by atoms with van der Waals surface area (Å²) in [6.45, 7) is 3.40. The van der Waals surface area contributed by atoms with Gasteiger partial charge in [-0.15, -0.1) is 0 Å². The number of anilines is 1. The lowest BCUT2D eigenvalue weighted by Gasteiger charge is -2.08. The van der Waals surface area contributed by atoms with Crippen molar-refractivity contribution in [2.75, 3.05) is 5.73 Å². The van der Waals surface area contributed by atoms with Crippen molar-refractivity contribution in [3.05, 3.63) is 36.4 Å². The Hall–Kier alpha value is -1.13. The maximum atomic E-state index is 10.5. The van der Waals surface area contributed by atoms with E-state index in [1.807, 2.05) is 0 Å². The zero-order chi connectivity index (χ0) is 9.14. The molecule has 4 heteroatoms. The van der Waals surface area contributed by atoms with Gasteiger partial charge < -0.3 is 10.3 Å². The Labute approximate surface area is 73.2 Å². The van der Waals surface area contributed by atoms with Crippen molar-refractivity contribution in [2.45, 2.75) is 0 Å². The van der Waals surface area contributed by atoms with Crippen LogP contribution in [0.5, 0.6) is 0 Å². The quantitative estimate of drug-likeness (QED) is 0.550. The normalized spacial score (nSPS) is 12.4. The highest BCUT2D eigenvalue weighted by atomic mass is 32.2. The number of nitrogen functional groups attached to an aromatic ring is 1. The van der Waals surface area contributed by atoms with Crippen LogP contribution in [0.4, 0.5) is 5.69 Å². The number of rotatable bonds is 2. The summed E-state index contributed by atoms with van der Waals surface area (Å²) in [6.07, 6.45) is 0. The Balaban J connectivity index is 3.04. The molecule has 0 spiro atoms. The fraction of sp³-hybridized carbons (Fsp3) is 0. The fourth-order valence-corrected chi connectivity index (χ4v) is 1.13. The first-order valence-electron chi connectivity index (χ1n) is 3.25. The molecule has 1 rings (SSSR count). The van der Waals surface area contributed by atoms with Crippen LogP contribution >= 0.6 is 0 Å². The molecule has 0 aromatic heterocycles. The summed E-state index contributed by atoms with van der Waals surface area (Å²) in [5.74, 6) is 0. The summed E-state index contributed by atoms with van der Waals surface area (Å²) in [5, 5.41) is 0. The highest BCUT2D eigenvalue weighted by Gasteiger charge is 1.98. The van der Waals surface area contributed by atoms with E-state index in [1.165, 1.54) is 0 Å². The average molecular weight is 182 g/mol. The molecule has 64 valence electrons. The zero-order valence-electron chi connectivity index (χ0n) is 6.32. The van der Waals surface area contributed by atoms with Gasteiger partial charge in [0.25, 0.3) is 0 Å². The molecule has 0 amide bonds. The van der Waals surface area contributed by atoms with Gasteiger partial charge in [0.05, 0.1) is 0 Å². The molecule has 0 aliphatic carbocycles. The van der Waals surface area contributed by atoms with Crippen LogP contribution in [-0.2, 0) is 11.1 Å². The lowest BCUT2D eigenvalue weighted by molar-refractivity contribution is 0.548. The molecule has 0 aliphatic heterocycles. The van der Waals surface area contributed by atoms with E-state index in [9.17, 15) is 8.76 Å². The Kier molecular flexibility index (Phi) is 2.62. The van der Waals surface area contributed by atoms with Gasteiger partial charge in [0.1, 0.15) is 0 Å². The van der Waals surface area contributed by atoms with E-state index < -0.39 is 11.1 Å². The van der Waals surface area contributed by atoms with Crippen LogP contribution < -0.4 is 5.73 Å². The van der Waals surface area contributed by atoms with E-state index in [2.05, 4.69) is 6.58 Å². The molecule has 0 bridgehead atoms. The molecule has 1 aromatic rings. The summed E-state index contributed by atoms with van der Waals surface area (Å²) >= 11 is -2.27. The Morgan fingerprint density at radius 2 is 2.25 bits per heavy atom. The average Bonchev–Trinajstić information content (AvgIpc) is 2.03. The molecule has 0 heterocycles. The highest BCUT2D eigenvalue weighted by Crippen LogP contribution is 2.16. The van der Waals surface area contributed by atoms with Gasteiger partial charge >= 0.3 is 0 Å². The molecule has 1 unspecified atom stereocenters. The highest BCUT2D eigenvalue weighted by molar-refractivity contribution is 7.89. The number of hydrogen-bond acceptors (Lipinski definition) is 3. The Morgan fingerprint density at radius 1 is 1.58 bits per heavy atom. The van der Waals surface area contributed by atoms with Crippen LogP contribution in [0.3, 0.4) is 0 Å². The minimum atomic E-state index is -2.27. The van der Waals surface area contributed by atoms with Crippen LogP contribution in [0.1, 0.15) is 5.56 Å². The molecule has 0 saturated carbocycles. The number of hydrogen-bond donors (Lipinski definition) is 1. The van der Waals surface area contributed by atoms with Crippen LogP contribution in [0, 0.1) is 0 Å². The predicted molar refractivity (Wildman–Crippen MR) is 48.8 cm³/mol. The van der Waals surface area contributed by atoms with Crippen molar-refractivity contribution in [3.8, 4) is 0 Å². The van der Waals surface area contributed by atoms with Crippen LogP contribution in [0.15, 0.2) is 30.8 Å². The molecule has 3 nitrogen and oxygen atoms in total. The first-order valence-corrected chi connectivity index (χ1v) is 4.33. The second-order valence-corrected chi connectivity index (χ2v) is 3.25. The van der Waals surface area contributed by atoms with E-state index in [0.29, 0.717) is 11.3 Å². The maximum Gasteiger partial charge on any atom is 0.0320 e. The second kappa shape index (κ2) is 3.51. The van der Waals surface area contributed by atoms with Gasteiger partial charge in [-0.1, -0.05) is 18.7 Å². The first-order chi connectivity index (χ1) is 5.61. The van der Waals surface area contributed by atoms with Crippen LogP contribution in [-0.4, -0.2) is 8.76 Å². The van der Waals surface area contributed by atoms with Crippen molar-refractivity contribution in [1.82, 2.24) is 0 Å². The number of nitrogens with two attached hydrogens (primary N) is 1. The van der Waals surface area contributed by atoms with Crippen molar-refractivity contribution >= 4 is 21.7 Å². The third kappa shape index (κ3) is 1.93. The molecule has 0 saturated heterocycles. The zero-order valence-corrected chi connectivity index (χ0v) is 7.14. The largest absolute Gasteiger partial charge is 0.768 e. The Morgan fingerprint density at radius 3 is 2.75 bits per heavy atom. The minimum absolute atomic E-state index is 0.0577. The third-order valence-electron chi connectivity index (χ3n) is 1.41. The van der Waals surface area contributed by atoms with Gasteiger partial charge in [-0.3, -0.25) is 4.21 Å². The number of benzene rings is 1. The minimum Gasteiger partial charge on any atom is -0.768 e. The van der Waals surface area contributed by atoms with Gasteiger partial charge in [-0.2, -0.15) is 0 Å². The standard InChI is InChI=1S/C8H9NO2S/c1-6(12(10)11)7-3-2-4-8(9)5-7/h2-5H,1,9H2,(H,10,11)/p-1. The molecule has 1 aromatic carbocycles. The summed E-state index contributed by atoms with van der Waals surface area (Å²) in [5.41, 5.74) is 6.51. The predicted octanol–water partition coefficient (Wildman–Crippen LogP) is 1.12. The van der Waals surface area contributed by atoms with Crippen LogP contribution in [0.2, 0.25) is 0 Å². The molecular weight excluding hydrogens is 174 g/mol. The first kappa shape index (κ1) is 8.96. The topological polar surface area (TPSA) is 66.2 Å². The molecular formula is C8H8NO2S-. The lowest BCUT2D eigenvalue weighted by Crippen LogP contribution is -1.92. The van der Waals surface area contributed by atoms with E-state index in [0.717, 1.165) is 0 Å². The summed E-state index contributed by atoms with van der Waals surface area (Å²) in [7, 11) is 0. The van der Waals surface area contributed by atoms with Crippen molar-refractivity contribution in [1.29, 1.82) is 0 Å². The van der Waals surface area contributed by atoms with Gasteiger partial charge in [0.15, 0.2) is 0 Å². The lowest BCUT2D eigenvalue weighted by atomic mass is 10.2. The van der Waals surface area contributed by atoms with Crippen LogP contribution in [0.25, 0.3) is 4.91 Å². The van der Waals surface area contributed by atoms with E-state index >= 15 is 0 Å². The van der Waals surface area contributed by atoms with Crippen molar-refractivity contribution < 1.29 is 8.76 Å². The molecule has 0 radical (unpaired) electrons. The van der Waals surface area contributed by atoms with Crippen molar-refractivity contribution in [3.63, 3.8) is 0 Å². The van der Waals surface area contributed by atoms with Crippen molar-refractivity contribution in [2.24, 2.45) is 0 Å². The van der Waals surface area contributed by atoms with Gasteiger partial charge in [-0.25, -0.2) is 0 Å². The smallest absolute Gasteiger partial charge is 0.0320 e. The Bertz CT molecular complexity index is 336. The van der Waals surface area contributed by atoms with E-state index in [1.54, 1.807) is 24.3 Å². The molecule has 2 N–H and O–H groups in total. The van der Waals surface area contributed by atoms with E-state index in [4.69, 9.17) is 5.73 Å². The molecule has 0 aliphatic rings. The van der Waals surface area contributed by atoms with E-state index in [-0.39, 0.29) is 4.91 Å². The SMILES string of the molecule is C=C(c1cccc(N)c1)S(=O)[O-]. The second-order valence-electron chi connectivity index (χ2n) is 2.28. The molecule has 1 atom stereocenters. The monoisotopic (exact) mass is 182 g/mol. The third-order valence-corrected chi connectivity index (χ3v) is 2.05. The molecule has 12 heavy (non-hydrogen) atoms. The summed E-state index contributed by atoms with van der Waals surface area (Å²) in [6, 6.07) is 6.58. The summed E-state index contributed by atoms with van der Waals surface area (Å²) in [4.78, 5) is 0.0577. The maximum absolute atomic E-state index is 10.5. The fourth-order valence-electron chi connectivity index (χ4n) is 0.808. The van der Waals surface area contributed by atoms with Gasteiger partial charge in [-0.05, 0) is 28.8 Å². The summed E-state index contributed by atoms with van der Waals surface area (Å²) < 4.78 is 20.9. The van der Waals surface area contributed by atoms with Gasteiger partial charge in [0, 0.05) is 10.6 Å². The molecule has 0 fully saturated rings.